The number of carbonyl (C=O) groups excluding carboxylic acids is 1. The van der Waals surface area contributed by atoms with Gasteiger partial charge in [0.1, 0.15) is 11.5 Å². The number of nitrogens with one attached hydrogen (secondary N) is 1. The van der Waals surface area contributed by atoms with Crippen molar-refractivity contribution in [3.05, 3.63) is 54.6 Å². The Balaban J connectivity index is 1.84. The van der Waals surface area contributed by atoms with E-state index in [1.807, 2.05) is 54.6 Å². The highest BCUT2D eigenvalue weighted by atomic mass is 16.5. The molecule has 1 N–H and O–H groups in total. The molecule has 0 heterocycles. The summed E-state index contributed by atoms with van der Waals surface area (Å²) in [6, 6.07) is 16.7. The van der Waals surface area contributed by atoms with Gasteiger partial charge < -0.3 is 14.8 Å². The van der Waals surface area contributed by atoms with E-state index in [4.69, 9.17) is 9.47 Å². The molecule has 23 heavy (non-hydrogen) atoms. The molecule has 2 aromatic rings. The molecule has 0 saturated heterocycles. The number of benzene rings is 2. The molecule has 0 aromatic heterocycles. The Labute approximate surface area is 137 Å². The minimum absolute atomic E-state index is 0.187. The quantitative estimate of drug-likeness (QED) is 0.740. The maximum atomic E-state index is 12.1. The fourth-order valence-corrected chi connectivity index (χ4v) is 1.97. The van der Waals surface area contributed by atoms with Gasteiger partial charge in [0.2, 0.25) is 0 Å². The first-order chi connectivity index (χ1) is 11.2. The first kappa shape index (κ1) is 16.9. The predicted molar refractivity (Wildman–Crippen MR) is 92.0 cm³/mol. The monoisotopic (exact) mass is 313 g/mol. The first-order valence-electron chi connectivity index (χ1n) is 7.94. The maximum Gasteiger partial charge on any atom is 0.265 e. The second-order valence-electron chi connectivity index (χ2n) is 5.29. The Morgan fingerprint density at radius 3 is 2.39 bits per heavy atom. The molecule has 2 aromatic carbocycles. The highest BCUT2D eigenvalue weighted by Crippen LogP contribution is 2.17. The van der Waals surface area contributed by atoms with Crippen molar-refractivity contribution < 1.29 is 14.3 Å². The van der Waals surface area contributed by atoms with Gasteiger partial charge in [-0.05, 0) is 49.7 Å². The summed E-state index contributed by atoms with van der Waals surface area (Å²) in [4.78, 5) is 12.1. The Morgan fingerprint density at radius 2 is 1.74 bits per heavy atom. The summed E-state index contributed by atoms with van der Waals surface area (Å²) in [7, 11) is 0. The van der Waals surface area contributed by atoms with Gasteiger partial charge in [-0.15, -0.1) is 0 Å². The minimum Gasteiger partial charge on any atom is -0.494 e. The summed E-state index contributed by atoms with van der Waals surface area (Å²) < 4.78 is 11.2. The van der Waals surface area contributed by atoms with Gasteiger partial charge in [-0.3, -0.25) is 4.79 Å². The molecule has 0 unspecified atom stereocenters. The molecule has 0 fully saturated rings. The third-order valence-electron chi connectivity index (χ3n) is 3.31. The lowest BCUT2D eigenvalue weighted by molar-refractivity contribution is -0.122. The van der Waals surface area contributed by atoms with Crippen molar-refractivity contribution >= 4 is 11.6 Å². The molecular formula is C19H23NO3. The number of para-hydroxylation sites is 1. The molecule has 2 rings (SSSR count). The van der Waals surface area contributed by atoms with E-state index in [-0.39, 0.29) is 5.91 Å². The topological polar surface area (TPSA) is 47.6 Å². The third kappa shape index (κ3) is 5.66. The number of amides is 1. The van der Waals surface area contributed by atoms with Crippen LogP contribution in [0.15, 0.2) is 54.6 Å². The van der Waals surface area contributed by atoms with Crippen LogP contribution in [-0.2, 0) is 4.79 Å². The summed E-state index contributed by atoms with van der Waals surface area (Å²) in [6.45, 7) is 4.56. The second-order valence-corrected chi connectivity index (χ2v) is 5.29. The van der Waals surface area contributed by atoms with Gasteiger partial charge in [0, 0.05) is 5.69 Å². The first-order valence-corrected chi connectivity index (χ1v) is 7.94. The number of unbranched alkanes of at least 4 members (excludes halogenated alkanes) is 1. The molecule has 1 atom stereocenters. The van der Waals surface area contributed by atoms with Crippen LogP contribution in [0.5, 0.6) is 11.5 Å². The molecule has 0 aliphatic heterocycles. The molecular weight excluding hydrogens is 290 g/mol. The van der Waals surface area contributed by atoms with E-state index in [2.05, 4.69) is 12.2 Å². The lowest BCUT2D eigenvalue weighted by atomic mass is 10.2. The van der Waals surface area contributed by atoms with Crippen LogP contribution >= 0.6 is 0 Å². The number of hydrogen-bond acceptors (Lipinski definition) is 3. The van der Waals surface area contributed by atoms with Gasteiger partial charge in [-0.1, -0.05) is 31.5 Å². The average Bonchev–Trinajstić information content (AvgIpc) is 2.57. The van der Waals surface area contributed by atoms with E-state index >= 15 is 0 Å². The maximum absolute atomic E-state index is 12.1. The van der Waals surface area contributed by atoms with Crippen molar-refractivity contribution in [3.8, 4) is 11.5 Å². The molecule has 1 amide bonds. The van der Waals surface area contributed by atoms with Gasteiger partial charge in [0.25, 0.3) is 5.91 Å². The molecule has 0 saturated carbocycles. The van der Waals surface area contributed by atoms with Crippen LogP contribution < -0.4 is 14.8 Å². The third-order valence-corrected chi connectivity index (χ3v) is 3.31. The Hall–Kier alpha value is -2.49. The average molecular weight is 313 g/mol. The molecule has 4 heteroatoms. The highest BCUT2D eigenvalue weighted by molar-refractivity contribution is 5.94. The number of carbonyl (C=O) groups is 1. The van der Waals surface area contributed by atoms with E-state index < -0.39 is 6.10 Å². The van der Waals surface area contributed by atoms with E-state index in [0.29, 0.717) is 12.4 Å². The summed E-state index contributed by atoms with van der Waals surface area (Å²) >= 11 is 0. The Kier molecular flexibility index (Phi) is 6.48. The van der Waals surface area contributed by atoms with E-state index in [1.54, 1.807) is 6.92 Å². The zero-order chi connectivity index (χ0) is 16.5. The van der Waals surface area contributed by atoms with Gasteiger partial charge >= 0.3 is 0 Å². The van der Waals surface area contributed by atoms with Crippen molar-refractivity contribution in [3.63, 3.8) is 0 Å². The van der Waals surface area contributed by atoms with Crippen LogP contribution in [0, 0.1) is 0 Å². The zero-order valence-electron chi connectivity index (χ0n) is 13.6. The number of hydrogen-bond donors (Lipinski definition) is 1. The minimum atomic E-state index is -0.571. The second kappa shape index (κ2) is 8.83. The predicted octanol–water partition coefficient (Wildman–Crippen LogP) is 4.27. The summed E-state index contributed by atoms with van der Waals surface area (Å²) in [5.41, 5.74) is 0.723. The SMILES string of the molecule is CCCCOc1ccc(NC(=O)[C@H](C)Oc2ccccc2)cc1. The largest absolute Gasteiger partial charge is 0.494 e. The zero-order valence-corrected chi connectivity index (χ0v) is 13.6. The van der Waals surface area contributed by atoms with Gasteiger partial charge in [-0.25, -0.2) is 0 Å². The molecule has 0 spiro atoms. The number of rotatable bonds is 8. The van der Waals surface area contributed by atoms with Crippen LogP contribution in [0.1, 0.15) is 26.7 Å². The Morgan fingerprint density at radius 1 is 1.04 bits per heavy atom. The fourth-order valence-electron chi connectivity index (χ4n) is 1.97. The van der Waals surface area contributed by atoms with Gasteiger partial charge in [0.05, 0.1) is 6.61 Å². The summed E-state index contributed by atoms with van der Waals surface area (Å²) in [6.07, 6.45) is 1.57. The van der Waals surface area contributed by atoms with Crippen LogP contribution in [0.4, 0.5) is 5.69 Å². The molecule has 0 radical (unpaired) electrons. The number of ether oxygens (including phenoxy) is 2. The lowest BCUT2D eigenvalue weighted by Crippen LogP contribution is -2.30. The van der Waals surface area contributed by atoms with E-state index in [0.717, 1.165) is 24.3 Å². The van der Waals surface area contributed by atoms with Crippen LogP contribution in [0.2, 0.25) is 0 Å². The van der Waals surface area contributed by atoms with Gasteiger partial charge in [0.15, 0.2) is 6.10 Å². The van der Waals surface area contributed by atoms with Crippen molar-refractivity contribution in [2.75, 3.05) is 11.9 Å². The smallest absolute Gasteiger partial charge is 0.265 e. The van der Waals surface area contributed by atoms with Crippen molar-refractivity contribution in [2.24, 2.45) is 0 Å². The molecule has 4 nitrogen and oxygen atoms in total. The number of anilines is 1. The summed E-state index contributed by atoms with van der Waals surface area (Å²) in [5.74, 6) is 1.30. The molecule has 0 aliphatic carbocycles. The summed E-state index contributed by atoms with van der Waals surface area (Å²) in [5, 5.41) is 2.84. The standard InChI is InChI=1S/C19H23NO3/c1-3-4-14-22-17-12-10-16(11-13-17)20-19(21)15(2)23-18-8-6-5-7-9-18/h5-13,15H,3-4,14H2,1-2H3,(H,20,21)/t15-/m0/s1. The van der Waals surface area contributed by atoms with Crippen LogP contribution in [0.3, 0.4) is 0 Å². The highest BCUT2D eigenvalue weighted by Gasteiger charge is 2.14. The molecule has 0 bridgehead atoms. The lowest BCUT2D eigenvalue weighted by Gasteiger charge is -2.15. The van der Waals surface area contributed by atoms with Crippen LogP contribution in [-0.4, -0.2) is 18.6 Å². The van der Waals surface area contributed by atoms with Crippen molar-refractivity contribution in [1.82, 2.24) is 0 Å². The van der Waals surface area contributed by atoms with E-state index in [9.17, 15) is 4.79 Å². The molecule has 122 valence electrons. The normalized spacial score (nSPS) is 11.6. The van der Waals surface area contributed by atoms with Crippen LogP contribution in [0.25, 0.3) is 0 Å². The fraction of sp³-hybridized carbons (Fsp3) is 0.316. The van der Waals surface area contributed by atoms with Crippen molar-refractivity contribution in [2.45, 2.75) is 32.8 Å². The molecule has 0 aliphatic rings. The van der Waals surface area contributed by atoms with Gasteiger partial charge in [-0.2, -0.15) is 0 Å². The van der Waals surface area contributed by atoms with Crippen molar-refractivity contribution in [1.29, 1.82) is 0 Å². The Bertz CT molecular complexity index is 596. The van der Waals surface area contributed by atoms with E-state index in [1.165, 1.54) is 0 Å².